The third-order valence-corrected chi connectivity index (χ3v) is 13.5. The summed E-state index contributed by atoms with van der Waals surface area (Å²) >= 11 is 12.3. The highest BCUT2D eigenvalue weighted by molar-refractivity contribution is 7.93. The zero-order chi connectivity index (χ0) is 38.8. The van der Waals surface area contributed by atoms with Gasteiger partial charge in [-0.3, -0.25) is 9.10 Å². The van der Waals surface area contributed by atoms with Gasteiger partial charge in [0.05, 0.1) is 27.2 Å². The fourth-order valence-corrected chi connectivity index (χ4v) is 10.1. The van der Waals surface area contributed by atoms with Gasteiger partial charge in [0.1, 0.15) is 6.54 Å². The van der Waals surface area contributed by atoms with Crippen molar-refractivity contribution < 1.29 is 31.5 Å². The molecule has 0 saturated carbocycles. The molecule has 1 saturated heterocycles. The normalized spacial score (nSPS) is 15.1. The third kappa shape index (κ3) is 7.97. The number of sulfonamides is 2. The van der Waals surface area contributed by atoms with Gasteiger partial charge in [-0.15, -0.1) is 0 Å². The van der Waals surface area contributed by atoms with Crippen LogP contribution < -0.4 is 8.61 Å². The molecule has 54 heavy (non-hydrogen) atoms. The molecule has 2 atom stereocenters. The van der Waals surface area contributed by atoms with Crippen LogP contribution in [0.2, 0.25) is 10.0 Å². The lowest BCUT2D eigenvalue weighted by molar-refractivity contribution is -0.138. The van der Waals surface area contributed by atoms with Crippen LogP contribution >= 0.6 is 23.2 Å². The van der Waals surface area contributed by atoms with Crippen molar-refractivity contribution >= 4 is 66.5 Å². The first-order valence-electron chi connectivity index (χ1n) is 17.0. The van der Waals surface area contributed by atoms with Crippen LogP contribution in [-0.4, -0.2) is 51.8 Å². The lowest BCUT2D eigenvalue weighted by Crippen LogP contribution is -2.44. The smallest absolute Gasteiger partial charge is 0.332 e. The number of aryl methyl sites for hydroxylation is 2. The number of benzene rings is 5. The number of aliphatic carboxylic acids is 1. The minimum Gasteiger partial charge on any atom is -0.479 e. The zero-order valence-electron chi connectivity index (χ0n) is 29.3. The minimum absolute atomic E-state index is 0.0667. The number of nitrogens with zero attached hydrogens (tertiary/aromatic N) is 3. The second kappa shape index (κ2) is 15.8. The Kier molecular flexibility index (Phi) is 11.4. The number of carboxylic acid groups (broad SMARTS) is 1. The Labute approximate surface area is 325 Å². The summed E-state index contributed by atoms with van der Waals surface area (Å²) in [5.41, 5.74) is 1.87. The SMILES string of the molecule is Cc1ccc(S(=O)(=O)N(c2ccc(Cl)cc2)C(C(=O)O)c2cc(C)ccc2S(=O)(=O)N(CC(=O)N2CCCC2c2ccccc2)c2ccc(Cl)cc2)cc1. The molecule has 1 heterocycles. The number of hydrogen-bond acceptors (Lipinski definition) is 6. The molecule has 1 amide bonds. The summed E-state index contributed by atoms with van der Waals surface area (Å²) in [6.07, 6.45) is 1.42. The Morgan fingerprint density at radius 2 is 1.33 bits per heavy atom. The summed E-state index contributed by atoms with van der Waals surface area (Å²) in [5, 5.41) is 11.5. The third-order valence-electron chi connectivity index (χ3n) is 9.31. The number of likely N-dealkylation sites (tertiary alicyclic amines) is 1. The van der Waals surface area contributed by atoms with Gasteiger partial charge in [0.25, 0.3) is 20.0 Å². The van der Waals surface area contributed by atoms with Gasteiger partial charge in [-0.1, -0.05) is 88.9 Å². The summed E-state index contributed by atoms with van der Waals surface area (Å²) < 4.78 is 60.8. The van der Waals surface area contributed by atoms with E-state index in [1.54, 1.807) is 30.9 Å². The van der Waals surface area contributed by atoms with Crippen LogP contribution in [0.3, 0.4) is 0 Å². The Morgan fingerprint density at radius 3 is 1.93 bits per heavy atom. The molecule has 280 valence electrons. The van der Waals surface area contributed by atoms with Crippen molar-refractivity contribution in [1.29, 1.82) is 0 Å². The standard InChI is InChI=1S/C40H37Cl2N3O7S2/c1-27-10-21-34(22-11-27)53(49,50)45(33-19-15-31(42)16-20-33)39(40(47)48)35-25-28(2)12-23-37(35)54(51,52)44(32-17-13-30(41)14-18-32)26-38(46)43-24-6-9-36(43)29-7-4-3-5-8-29/h3-5,7-8,10-23,25,36,39H,6,9,24,26H2,1-2H3,(H,47,48). The van der Waals surface area contributed by atoms with Gasteiger partial charge in [-0.25, -0.2) is 25.9 Å². The Bertz CT molecular complexity index is 2380. The highest BCUT2D eigenvalue weighted by Crippen LogP contribution is 2.39. The Balaban J connectivity index is 1.51. The van der Waals surface area contributed by atoms with Crippen molar-refractivity contribution in [2.45, 2.75) is 48.6 Å². The van der Waals surface area contributed by atoms with Crippen LogP contribution in [0.1, 0.15) is 47.2 Å². The number of carboxylic acids is 1. The van der Waals surface area contributed by atoms with Crippen molar-refractivity contribution in [3.05, 3.63) is 154 Å². The summed E-state index contributed by atoms with van der Waals surface area (Å²) in [4.78, 5) is 28.6. The van der Waals surface area contributed by atoms with E-state index < -0.39 is 49.4 Å². The molecule has 1 aliphatic rings. The molecule has 1 aliphatic heterocycles. The van der Waals surface area contributed by atoms with Gasteiger partial charge in [-0.2, -0.15) is 0 Å². The Morgan fingerprint density at radius 1 is 0.759 bits per heavy atom. The summed E-state index contributed by atoms with van der Waals surface area (Å²) in [5.74, 6) is -2.10. The fourth-order valence-electron chi connectivity index (χ4n) is 6.66. The van der Waals surface area contributed by atoms with Crippen molar-refractivity contribution in [2.75, 3.05) is 21.7 Å². The second-order valence-electron chi connectivity index (χ2n) is 13.0. The largest absolute Gasteiger partial charge is 0.479 e. The topological polar surface area (TPSA) is 132 Å². The van der Waals surface area contributed by atoms with E-state index in [1.807, 2.05) is 30.3 Å². The van der Waals surface area contributed by atoms with Crippen LogP contribution in [0.4, 0.5) is 11.4 Å². The first kappa shape index (κ1) is 38.8. The van der Waals surface area contributed by atoms with Gasteiger partial charge in [0.2, 0.25) is 5.91 Å². The van der Waals surface area contributed by atoms with Crippen LogP contribution in [0, 0.1) is 13.8 Å². The van der Waals surface area contributed by atoms with Gasteiger partial charge in [0, 0.05) is 22.2 Å². The van der Waals surface area contributed by atoms with Crippen LogP contribution in [0.5, 0.6) is 0 Å². The monoisotopic (exact) mass is 805 g/mol. The highest BCUT2D eigenvalue weighted by Gasteiger charge is 2.42. The van der Waals surface area contributed by atoms with Gasteiger partial charge in [0.15, 0.2) is 6.04 Å². The summed E-state index contributed by atoms with van der Waals surface area (Å²) in [7, 11) is -9.47. The Hall–Kier alpha value is -4.88. The van der Waals surface area contributed by atoms with Crippen LogP contribution in [-0.2, 0) is 29.6 Å². The molecule has 5 aromatic rings. The molecule has 5 aromatic carbocycles. The molecular formula is C40H37Cl2N3O7S2. The van der Waals surface area contributed by atoms with Crippen molar-refractivity contribution in [2.24, 2.45) is 0 Å². The number of rotatable bonds is 12. The predicted molar refractivity (Wildman–Crippen MR) is 210 cm³/mol. The first-order chi connectivity index (χ1) is 25.7. The zero-order valence-corrected chi connectivity index (χ0v) is 32.5. The quantitative estimate of drug-likeness (QED) is 0.135. The van der Waals surface area contributed by atoms with Gasteiger partial charge in [-0.05, 0) is 99.0 Å². The molecule has 14 heteroatoms. The van der Waals surface area contributed by atoms with E-state index in [0.29, 0.717) is 27.9 Å². The molecule has 1 fully saturated rings. The first-order valence-corrected chi connectivity index (χ1v) is 20.6. The average Bonchev–Trinajstić information content (AvgIpc) is 3.64. The number of hydrogen-bond donors (Lipinski definition) is 1. The predicted octanol–water partition coefficient (Wildman–Crippen LogP) is 8.19. The van der Waals surface area contributed by atoms with Crippen LogP contribution in [0.25, 0.3) is 0 Å². The summed E-state index contributed by atoms with van der Waals surface area (Å²) in [6.45, 7) is 3.20. The lowest BCUT2D eigenvalue weighted by atomic mass is 10.0. The molecule has 0 spiro atoms. The molecule has 6 rings (SSSR count). The lowest BCUT2D eigenvalue weighted by Gasteiger charge is -2.33. The van der Waals surface area contributed by atoms with Gasteiger partial charge < -0.3 is 10.0 Å². The van der Waals surface area contributed by atoms with Crippen molar-refractivity contribution in [1.82, 2.24) is 4.90 Å². The maximum Gasteiger partial charge on any atom is 0.332 e. The molecule has 0 radical (unpaired) electrons. The van der Waals surface area contributed by atoms with Crippen molar-refractivity contribution in [3.63, 3.8) is 0 Å². The molecule has 2 unspecified atom stereocenters. The summed E-state index contributed by atoms with van der Waals surface area (Å²) in [6, 6.07) is 28.5. The van der Waals surface area contributed by atoms with E-state index in [0.717, 1.165) is 21.9 Å². The number of carbonyl (C=O) groups excluding carboxylic acids is 1. The number of anilines is 2. The highest BCUT2D eigenvalue weighted by atomic mass is 35.5. The van der Waals surface area contributed by atoms with E-state index in [1.165, 1.54) is 78.9 Å². The maximum atomic E-state index is 15.1. The van der Waals surface area contributed by atoms with Crippen molar-refractivity contribution in [3.8, 4) is 0 Å². The number of halogens is 2. The second-order valence-corrected chi connectivity index (χ2v) is 17.5. The fraction of sp³-hybridized carbons (Fsp3) is 0.200. The van der Waals surface area contributed by atoms with Gasteiger partial charge >= 0.3 is 5.97 Å². The van der Waals surface area contributed by atoms with E-state index in [9.17, 15) is 23.1 Å². The number of carbonyl (C=O) groups is 2. The molecule has 0 aliphatic carbocycles. The van der Waals surface area contributed by atoms with Crippen LogP contribution in [0.15, 0.2) is 131 Å². The molecule has 1 N–H and O–H groups in total. The molecule has 10 nitrogen and oxygen atoms in total. The molecule has 0 bridgehead atoms. The minimum atomic E-state index is -4.80. The average molecular weight is 807 g/mol. The van der Waals surface area contributed by atoms with E-state index in [4.69, 9.17) is 23.2 Å². The maximum absolute atomic E-state index is 15.1. The number of amides is 1. The van der Waals surface area contributed by atoms with E-state index in [-0.39, 0.29) is 32.9 Å². The van der Waals surface area contributed by atoms with E-state index >= 15 is 8.42 Å². The molecular weight excluding hydrogens is 769 g/mol. The molecule has 0 aromatic heterocycles. The van der Waals surface area contributed by atoms with E-state index in [2.05, 4.69) is 0 Å².